The van der Waals surface area contributed by atoms with E-state index in [0.29, 0.717) is 27.6 Å². The average Bonchev–Trinajstić information content (AvgIpc) is 2.46. The summed E-state index contributed by atoms with van der Waals surface area (Å²) in [5.74, 6) is 1.26. The molecule has 0 fully saturated rings. The zero-order valence-corrected chi connectivity index (χ0v) is 15.2. The predicted octanol–water partition coefficient (Wildman–Crippen LogP) is 1.99. The van der Waals surface area contributed by atoms with Crippen molar-refractivity contribution in [1.29, 1.82) is 0 Å². The van der Waals surface area contributed by atoms with Gasteiger partial charge in [-0.2, -0.15) is 0 Å². The minimum Gasteiger partial charge on any atom is -0.280 e. The molecule has 0 aliphatic heterocycles. The maximum atomic E-state index is 12.6. The van der Waals surface area contributed by atoms with E-state index in [1.54, 1.807) is 7.05 Å². The Balaban J connectivity index is 2.92. The van der Waals surface area contributed by atoms with Gasteiger partial charge in [0.1, 0.15) is 16.2 Å². The molecule has 2 aromatic heterocycles. The predicted molar refractivity (Wildman–Crippen MR) is 94.3 cm³/mol. The molecule has 124 valence electrons. The second kappa shape index (κ2) is 5.96. The Labute approximate surface area is 139 Å². The molecule has 0 radical (unpaired) electrons. The summed E-state index contributed by atoms with van der Waals surface area (Å²) in [4.78, 5) is 33.8. The smallest absolute Gasteiger partial charge is 0.280 e. The van der Waals surface area contributed by atoms with Crippen LogP contribution in [0.25, 0.3) is 11.0 Å². The molecule has 0 N–H and O–H groups in total. The van der Waals surface area contributed by atoms with Crippen LogP contribution in [0.4, 0.5) is 0 Å². The quantitative estimate of drug-likeness (QED) is 0.488. The first-order chi connectivity index (χ1) is 10.5. The Morgan fingerprint density at radius 2 is 1.78 bits per heavy atom. The lowest BCUT2D eigenvalue weighted by molar-refractivity contribution is 0.539. The highest BCUT2D eigenvalue weighted by Crippen LogP contribution is 2.27. The van der Waals surface area contributed by atoms with Crippen molar-refractivity contribution in [3.05, 3.63) is 38.8 Å². The van der Waals surface area contributed by atoms with Crippen LogP contribution in [0.1, 0.15) is 33.5 Å². The Hall–Kier alpha value is -1.89. The monoisotopic (exact) mass is 334 g/mol. The van der Waals surface area contributed by atoms with E-state index < -0.39 is 5.69 Å². The highest BCUT2D eigenvalue weighted by atomic mass is 32.2. The van der Waals surface area contributed by atoms with E-state index in [0.717, 1.165) is 10.1 Å². The van der Waals surface area contributed by atoms with Crippen molar-refractivity contribution in [2.24, 2.45) is 14.1 Å². The molecule has 23 heavy (non-hydrogen) atoms. The molecule has 0 unspecified atom stereocenters. The molecule has 0 atom stereocenters. The van der Waals surface area contributed by atoms with E-state index in [1.165, 1.54) is 23.4 Å². The molecule has 6 nitrogen and oxygen atoms in total. The van der Waals surface area contributed by atoms with Crippen LogP contribution in [0.15, 0.2) is 26.8 Å². The third kappa shape index (κ3) is 3.24. The number of hydrogen-bond donors (Lipinski definition) is 0. The van der Waals surface area contributed by atoms with Crippen LogP contribution in [-0.4, -0.2) is 24.9 Å². The standard InChI is InChI=1S/C16H22N4O2S/c1-9(2)8-23-12-10-11(17-14(18-12)16(3,4)5)19(6)15(22)20(7)13(10)21/h1,8H2,2-7H3. The summed E-state index contributed by atoms with van der Waals surface area (Å²) in [6.45, 7) is 11.8. The van der Waals surface area contributed by atoms with Crippen LogP contribution in [-0.2, 0) is 19.5 Å². The fraction of sp³-hybridized carbons (Fsp3) is 0.500. The van der Waals surface area contributed by atoms with Crippen LogP contribution in [0.5, 0.6) is 0 Å². The molecule has 2 heterocycles. The van der Waals surface area contributed by atoms with Crippen LogP contribution in [0, 0.1) is 0 Å². The van der Waals surface area contributed by atoms with E-state index in [4.69, 9.17) is 0 Å². The summed E-state index contributed by atoms with van der Waals surface area (Å²) < 4.78 is 2.49. The highest BCUT2D eigenvalue weighted by molar-refractivity contribution is 7.99. The normalized spacial score (nSPS) is 11.9. The molecular weight excluding hydrogens is 312 g/mol. The van der Waals surface area contributed by atoms with Crippen LogP contribution >= 0.6 is 11.8 Å². The zero-order chi connectivity index (χ0) is 17.5. The summed E-state index contributed by atoms with van der Waals surface area (Å²) in [6.07, 6.45) is 0. The van der Waals surface area contributed by atoms with Gasteiger partial charge in [0.15, 0.2) is 5.65 Å². The first-order valence-corrected chi connectivity index (χ1v) is 8.28. The van der Waals surface area contributed by atoms with Gasteiger partial charge in [-0.1, -0.05) is 32.9 Å². The number of aromatic nitrogens is 4. The van der Waals surface area contributed by atoms with E-state index in [1.807, 2.05) is 27.7 Å². The summed E-state index contributed by atoms with van der Waals surface area (Å²) >= 11 is 1.45. The molecule has 0 bridgehead atoms. The number of thioether (sulfide) groups is 1. The highest BCUT2D eigenvalue weighted by Gasteiger charge is 2.23. The third-order valence-electron chi connectivity index (χ3n) is 3.39. The Kier molecular flexibility index (Phi) is 4.52. The molecule has 2 aromatic rings. The van der Waals surface area contributed by atoms with E-state index >= 15 is 0 Å². The Morgan fingerprint density at radius 1 is 1.17 bits per heavy atom. The summed E-state index contributed by atoms with van der Waals surface area (Å²) in [6, 6.07) is 0. The van der Waals surface area contributed by atoms with E-state index in [2.05, 4.69) is 16.5 Å². The summed E-state index contributed by atoms with van der Waals surface area (Å²) in [5, 5.41) is 0.980. The number of fused-ring (bicyclic) bond motifs is 1. The van der Waals surface area contributed by atoms with Gasteiger partial charge in [-0.3, -0.25) is 13.9 Å². The summed E-state index contributed by atoms with van der Waals surface area (Å²) in [5.41, 5.74) is 0.316. The van der Waals surface area contributed by atoms with Crippen molar-refractivity contribution >= 4 is 22.8 Å². The van der Waals surface area contributed by atoms with Gasteiger partial charge in [0.2, 0.25) is 0 Å². The topological polar surface area (TPSA) is 69.8 Å². The van der Waals surface area contributed by atoms with Gasteiger partial charge in [-0.15, -0.1) is 11.8 Å². The summed E-state index contributed by atoms with van der Waals surface area (Å²) in [7, 11) is 3.09. The van der Waals surface area contributed by atoms with Crippen molar-refractivity contribution in [2.75, 3.05) is 5.75 Å². The molecule has 0 spiro atoms. The van der Waals surface area contributed by atoms with Crippen molar-refractivity contribution in [3.8, 4) is 0 Å². The second-order valence-electron chi connectivity index (χ2n) is 6.75. The molecular formula is C16H22N4O2S. The minimum atomic E-state index is -0.392. The largest absolute Gasteiger partial charge is 0.332 e. The molecule has 0 amide bonds. The van der Waals surface area contributed by atoms with Gasteiger partial charge in [-0.05, 0) is 6.92 Å². The Bertz CT molecular complexity index is 903. The van der Waals surface area contributed by atoms with E-state index in [-0.39, 0.29) is 11.0 Å². The minimum absolute atomic E-state index is 0.288. The molecule has 2 rings (SSSR count). The molecule has 0 aliphatic rings. The molecule has 0 saturated heterocycles. The van der Waals surface area contributed by atoms with Crippen LogP contribution in [0.2, 0.25) is 0 Å². The first-order valence-electron chi connectivity index (χ1n) is 7.29. The fourth-order valence-corrected chi connectivity index (χ4v) is 2.92. The lowest BCUT2D eigenvalue weighted by Gasteiger charge is -2.19. The number of hydrogen-bond acceptors (Lipinski definition) is 5. The van der Waals surface area contributed by atoms with Gasteiger partial charge in [0.25, 0.3) is 5.56 Å². The van der Waals surface area contributed by atoms with Crippen LogP contribution < -0.4 is 11.2 Å². The number of rotatable bonds is 3. The van der Waals surface area contributed by atoms with Crippen molar-refractivity contribution in [3.63, 3.8) is 0 Å². The SMILES string of the molecule is C=C(C)CSc1nc(C(C)(C)C)nc2c1c(=O)n(C)c(=O)n2C. The molecule has 0 saturated carbocycles. The molecule has 0 aliphatic carbocycles. The lowest BCUT2D eigenvalue weighted by Crippen LogP contribution is -2.38. The van der Waals surface area contributed by atoms with Gasteiger partial charge in [-0.25, -0.2) is 14.8 Å². The number of aryl methyl sites for hydroxylation is 1. The van der Waals surface area contributed by atoms with Crippen molar-refractivity contribution in [2.45, 2.75) is 38.1 Å². The maximum Gasteiger partial charge on any atom is 0.332 e. The third-order valence-corrected chi connectivity index (χ3v) is 4.60. The second-order valence-corrected chi connectivity index (χ2v) is 7.72. The van der Waals surface area contributed by atoms with Crippen molar-refractivity contribution in [1.82, 2.24) is 19.1 Å². The van der Waals surface area contributed by atoms with Gasteiger partial charge in [0.05, 0.1) is 0 Å². The van der Waals surface area contributed by atoms with E-state index in [9.17, 15) is 9.59 Å². The molecule has 0 aromatic carbocycles. The lowest BCUT2D eigenvalue weighted by atomic mass is 9.96. The average molecular weight is 334 g/mol. The Morgan fingerprint density at radius 3 is 2.30 bits per heavy atom. The number of nitrogens with zero attached hydrogens (tertiary/aromatic N) is 4. The van der Waals surface area contributed by atoms with Gasteiger partial charge >= 0.3 is 5.69 Å². The van der Waals surface area contributed by atoms with Crippen LogP contribution in [0.3, 0.4) is 0 Å². The first kappa shape index (κ1) is 17.5. The maximum absolute atomic E-state index is 12.6. The van der Waals surface area contributed by atoms with Gasteiger partial charge < -0.3 is 0 Å². The van der Waals surface area contributed by atoms with Crippen molar-refractivity contribution < 1.29 is 0 Å². The fourth-order valence-electron chi connectivity index (χ4n) is 2.06. The van der Waals surface area contributed by atoms with Gasteiger partial charge in [0, 0.05) is 25.3 Å². The molecule has 7 heteroatoms. The zero-order valence-electron chi connectivity index (χ0n) is 14.4.